The first kappa shape index (κ1) is 23.2. The molecular weight excluding hydrogens is 491 g/mol. The van der Waals surface area contributed by atoms with Crippen molar-refractivity contribution in [3.8, 4) is 23.0 Å². The minimum absolute atomic E-state index is 0.256. The van der Waals surface area contributed by atoms with Crippen molar-refractivity contribution in [2.24, 2.45) is 13.5 Å². The van der Waals surface area contributed by atoms with Crippen LogP contribution in [-0.4, -0.2) is 25.9 Å². The first-order chi connectivity index (χ1) is 16.8. The number of ether oxygens (including phenoxy) is 3. The maximum absolute atomic E-state index is 6.34. The second-order valence-corrected chi connectivity index (χ2v) is 11.2. The van der Waals surface area contributed by atoms with Gasteiger partial charge in [-0.15, -0.1) is 9.03 Å². The molecule has 2 heterocycles. The Morgan fingerprint density at radius 2 is 1.59 bits per heavy atom. The van der Waals surface area contributed by atoms with Gasteiger partial charge in [0.1, 0.15) is 17.6 Å². The van der Waals surface area contributed by atoms with Gasteiger partial charge in [0.15, 0.2) is 28.5 Å². The lowest BCUT2D eigenvalue weighted by Gasteiger charge is -2.22. The fourth-order valence-corrected chi connectivity index (χ4v) is 6.88. The first-order valence-corrected chi connectivity index (χ1v) is 13.8. The van der Waals surface area contributed by atoms with Crippen LogP contribution in [0.2, 0.25) is 0 Å². The molecule has 0 radical (unpaired) electrons. The molecule has 174 valence electrons. The van der Waals surface area contributed by atoms with E-state index < -0.39 is 7.66 Å². The number of rotatable bonds is 11. The second kappa shape index (κ2) is 11.2. The molecule has 2 aliphatic heterocycles. The third-order valence-electron chi connectivity index (χ3n) is 4.83. The van der Waals surface area contributed by atoms with Crippen molar-refractivity contribution in [3.63, 3.8) is 0 Å². The van der Waals surface area contributed by atoms with E-state index in [1.807, 2.05) is 78.9 Å². The van der Waals surface area contributed by atoms with E-state index in [4.69, 9.17) is 23.3 Å². The summed E-state index contributed by atoms with van der Waals surface area (Å²) in [5, 5.41) is 0. The van der Waals surface area contributed by atoms with Gasteiger partial charge in [-0.05, 0) is 42.3 Å². The predicted molar refractivity (Wildman–Crippen MR) is 133 cm³/mol. The SMILES string of the molecule is c1ccc(OP2(Oc3ccccc3Oc3ccccc3CCOCC3CO3)=NP=NP=N2)cc1. The van der Waals surface area contributed by atoms with Gasteiger partial charge >= 0.3 is 7.66 Å². The summed E-state index contributed by atoms with van der Waals surface area (Å²) in [4.78, 5) is 0. The molecular formula is C23H22N3O5P3. The fraction of sp³-hybridized carbons (Fsp3) is 0.217. The van der Waals surface area contributed by atoms with Crippen LogP contribution in [0.15, 0.2) is 92.4 Å². The van der Waals surface area contributed by atoms with Crippen LogP contribution >= 0.6 is 24.7 Å². The number of nitrogens with zero attached hydrogens (tertiary/aromatic N) is 3. The van der Waals surface area contributed by atoms with Gasteiger partial charge in [0.05, 0.1) is 19.8 Å². The Morgan fingerprint density at radius 1 is 0.853 bits per heavy atom. The van der Waals surface area contributed by atoms with Crippen molar-refractivity contribution in [1.82, 2.24) is 0 Å². The quantitative estimate of drug-likeness (QED) is 0.148. The number of para-hydroxylation sites is 4. The summed E-state index contributed by atoms with van der Waals surface area (Å²) in [6.45, 7) is 2.02. The Morgan fingerprint density at radius 3 is 2.35 bits per heavy atom. The summed E-state index contributed by atoms with van der Waals surface area (Å²) in [7, 11) is -1.93. The van der Waals surface area contributed by atoms with E-state index in [1.54, 1.807) is 0 Å². The van der Waals surface area contributed by atoms with Gasteiger partial charge in [0.25, 0.3) is 0 Å². The molecule has 0 bridgehead atoms. The van der Waals surface area contributed by atoms with Gasteiger partial charge in [-0.25, -0.2) is 0 Å². The predicted octanol–water partition coefficient (Wildman–Crippen LogP) is 7.94. The van der Waals surface area contributed by atoms with Crippen molar-refractivity contribution in [1.29, 1.82) is 0 Å². The summed E-state index contributed by atoms with van der Waals surface area (Å²) < 4.78 is 42.9. The van der Waals surface area contributed by atoms with Crippen molar-refractivity contribution in [2.45, 2.75) is 12.5 Å². The van der Waals surface area contributed by atoms with Crippen LogP contribution in [0, 0.1) is 0 Å². The number of hydrogen-bond donors (Lipinski definition) is 0. The number of epoxide rings is 1. The third kappa shape index (κ3) is 6.29. The Balaban J connectivity index is 1.35. The monoisotopic (exact) mass is 513 g/mol. The van der Waals surface area contributed by atoms with Crippen LogP contribution in [0.4, 0.5) is 0 Å². The molecule has 0 spiro atoms. The van der Waals surface area contributed by atoms with Crippen LogP contribution in [0.5, 0.6) is 23.0 Å². The van der Waals surface area contributed by atoms with Crippen LogP contribution in [-0.2, 0) is 15.9 Å². The molecule has 8 nitrogen and oxygen atoms in total. The molecule has 2 aliphatic rings. The Labute approximate surface area is 201 Å². The third-order valence-corrected chi connectivity index (χ3v) is 8.81. The molecule has 0 aromatic heterocycles. The molecule has 2 unspecified atom stereocenters. The highest BCUT2D eigenvalue weighted by molar-refractivity contribution is 7.65. The van der Waals surface area contributed by atoms with Crippen molar-refractivity contribution < 1.29 is 23.3 Å². The molecule has 5 rings (SSSR count). The van der Waals surface area contributed by atoms with Gasteiger partial charge in [-0.2, -0.15) is 4.52 Å². The largest absolute Gasteiger partial charge is 0.460 e. The minimum atomic E-state index is -2.98. The second-order valence-electron chi connectivity index (χ2n) is 7.37. The molecule has 3 aromatic rings. The zero-order chi connectivity index (χ0) is 23.1. The van der Waals surface area contributed by atoms with Gasteiger partial charge in [-0.3, -0.25) is 0 Å². The van der Waals surface area contributed by atoms with Crippen LogP contribution in [0.1, 0.15) is 5.56 Å². The maximum atomic E-state index is 6.34. The molecule has 0 amide bonds. The summed E-state index contributed by atoms with van der Waals surface area (Å²) in [5.74, 6) is 2.43. The molecule has 34 heavy (non-hydrogen) atoms. The van der Waals surface area contributed by atoms with E-state index in [9.17, 15) is 0 Å². The average molecular weight is 513 g/mol. The lowest BCUT2D eigenvalue weighted by molar-refractivity contribution is 0.119. The highest BCUT2D eigenvalue weighted by Gasteiger charge is 2.29. The zero-order valence-corrected chi connectivity index (χ0v) is 20.8. The Hall–Kier alpha value is -2.59. The summed E-state index contributed by atoms with van der Waals surface area (Å²) >= 11 is 0. The molecule has 1 fully saturated rings. The van der Waals surface area contributed by atoms with Crippen molar-refractivity contribution in [3.05, 3.63) is 84.4 Å². The minimum Gasteiger partial charge on any atom is -0.453 e. The van der Waals surface area contributed by atoms with Crippen LogP contribution in [0.3, 0.4) is 0 Å². The van der Waals surface area contributed by atoms with Gasteiger partial charge in [0.2, 0.25) is 0 Å². The lowest BCUT2D eigenvalue weighted by atomic mass is 10.1. The normalized spacial score (nSPS) is 21.4. The topological polar surface area (TPSA) is 86.5 Å². The average Bonchev–Trinajstić information content (AvgIpc) is 3.70. The summed E-state index contributed by atoms with van der Waals surface area (Å²) in [6, 6.07) is 24.8. The Kier molecular flexibility index (Phi) is 7.65. The standard InChI is InChI=1S/C23H22N3O5P3/c1-2-9-19(10-3-1)30-34(25-32-24-33-26-34)31-23-13-7-6-12-22(23)29-21-11-5-4-8-18(21)14-15-27-16-20-17-28-20/h1-13,20H,14-17H2. The van der Waals surface area contributed by atoms with E-state index >= 15 is 0 Å². The Bertz CT molecular complexity index is 1240. The molecule has 0 saturated carbocycles. The fourth-order valence-electron chi connectivity index (χ4n) is 3.11. The van der Waals surface area contributed by atoms with E-state index in [0.717, 1.165) is 24.3 Å². The smallest absolute Gasteiger partial charge is 0.453 e. The number of benzene rings is 3. The summed E-state index contributed by atoms with van der Waals surface area (Å²) in [5.41, 5.74) is 1.04. The maximum Gasteiger partial charge on any atom is 0.460 e. The van der Waals surface area contributed by atoms with E-state index in [0.29, 0.717) is 47.5 Å². The van der Waals surface area contributed by atoms with E-state index in [1.165, 1.54) is 0 Å². The van der Waals surface area contributed by atoms with Gasteiger partial charge in [0, 0.05) is 0 Å². The molecule has 1 saturated heterocycles. The highest BCUT2D eigenvalue weighted by atomic mass is 31.2. The molecule has 3 aromatic carbocycles. The zero-order valence-electron chi connectivity index (χ0n) is 18.1. The van der Waals surface area contributed by atoms with E-state index in [-0.39, 0.29) is 6.10 Å². The molecule has 2 atom stereocenters. The highest BCUT2D eigenvalue weighted by Crippen LogP contribution is 2.60. The van der Waals surface area contributed by atoms with Crippen molar-refractivity contribution >= 4 is 24.7 Å². The summed E-state index contributed by atoms with van der Waals surface area (Å²) in [6.07, 6.45) is 0.982. The number of hydrogen-bond acceptors (Lipinski definition) is 8. The van der Waals surface area contributed by atoms with Crippen molar-refractivity contribution in [2.75, 3.05) is 19.8 Å². The van der Waals surface area contributed by atoms with Crippen LogP contribution < -0.4 is 13.8 Å². The van der Waals surface area contributed by atoms with Gasteiger partial charge in [-0.1, -0.05) is 48.5 Å². The van der Waals surface area contributed by atoms with Gasteiger partial charge < -0.3 is 23.3 Å². The molecule has 0 N–H and O–H groups in total. The lowest BCUT2D eigenvalue weighted by Crippen LogP contribution is -2.05. The van der Waals surface area contributed by atoms with Crippen LogP contribution in [0.25, 0.3) is 0 Å². The van der Waals surface area contributed by atoms with E-state index in [2.05, 4.69) is 13.5 Å². The molecule has 0 aliphatic carbocycles. The first-order valence-electron chi connectivity index (χ1n) is 10.7. The molecule has 11 heteroatoms.